The SMILES string of the molecule is O=C(NCc1ccco1)c1ccc2c(c1)NC(=O)C(CSCc1ccc(F)cc1)N2. The molecule has 0 radical (unpaired) electrons. The van der Waals surface area contributed by atoms with Crippen LogP contribution in [0.3, 0.4) is 0 Å². The van der Waals surface area contributed by atoms with Crippen molar-refractivity contribution in [3.63, 3.8) is 0 Å². The first kappa shape index (κ1) is 20.0. The molecule has 0 spiro atoms. The highest BCUT2D eigenvalue weighted by molar-refractivity contribution is 7.98. The fourth-order valence-corrected chi connectivity index (χ4v) is 4.08. The minimum absolute atomic E-state index is 0.151. The van der Waals surface area contributed by atoms with Gasteiger partial charge in [-0.05, 0) is 48.0 Å². The number of amides is 2. The summed E-state index contributed by atoms with van der Waals surface area (Å²) in [6, 6.07) is 14.6. The molecule has 1 aromatic heterocycles. The van der Waals surface area contributed by atoms with Gasteiger partial charge in [-0.1, -0.05) is 12.1 Å². The summed E-state index contributed by atoms with van der Waals surface area (Å²) < 4.78 is 18.2. The number of rotatable bonds is 7. The van der Waals surface area contributed by atoms with Gasteiger partial charge >= 0.3 is 0 Å². The number of nitrogens with one attached hydrogen (secondary N) is 3. The number of hydrogen-bond donors (Lipinski definition) is 3. The molecule has 1 aliphatic rings. The summed E-state index contributed by atoms with van der Waals surface area (Å²) >= 11 is 1.59. The standard InChI is InChI=1S/C22H20FN3O3S/c23-16-6-3-14(4-7-16)12-30-13-20-22(28)26-19-10-15(5-8-18(19)25-20)21(27)24-11-17-2-1-9-29-17/h1-10,20,25H,11-13H2,(H,24,27)(H,26,28). The van der Waals surface area contributed by atoms with Crippen molar-refractivity contribution >= 4 is 35.0 Å². The smallest absolute Gasteiger partial charge is 0.251 e. The van der Waals surface area contributed by atoms with Gasteiger partial charge in [0.25, 0.3) is 5.91 Å². The third-order valence-electron chi connectivity index (χ3n) is 4.66. The average Bonchev–Trinajstić information content (AvgIpc) is 3.27. The first-order valence-electron chi connectivity index (χ1n) is 9.43. The van der Waals surface area contributed by atoms with E-state index in [4.69, 9.17) is 4.42 Å². The van der Waals surface area contributed by atoms with Crippen molar-refractivity contribution in [2.75, 3.05) is 16.4 Å². The van der Waals surface area contributed by atoms with E-state index in [0.29, 0.717) is 35.1 Å². The summed E-state index contributed by atoms with van der Waals surface area (Å²) in [5, 5.41) is 8.87. The molecule has 3 aromatic rings. The lowest BCUT2D eigenvalue weighted by atomic mass is 10.1. The number of anilines is 2. The highest BCUT2D eigenvalue weighted by Crippen LogP contribution is 2.29. The molecule has 154 valence electrons. The van der Waals surface area contributed by atoms with Gasteiger partial charge < -0.3 is 20.4 Å². The Labute approximate surface area is 177 Å². The molecule has 0 fully saturated rings. The van der Waals surface area contributed by atoms with E-state index >= 15 is 0 Å². The number of carbonyl (C=O) groups excluding carboxylic acids is 2. The molecule has 2 heterocycles. The Morgan fingerprint density at radius 3 is 2.73 bits per heavy atom. The molecule has 0 aliphatic carbocycles. The van der Waals surface area contributed by atoms with E-state index in [1.54, 1.807) is 60.5 Å². The van der Waals surface area contributed by atoms with Gasteiger partial charge in [-0.3, -0.25) is 9.59 Å². The number of carbonyl (C=O) groups is 2. The second kappa shape index (κ2) is 9.04. The summed E-state index contributed by atoms with van der Waals surface area (Å²) in [6.07, 6.45) is 1.55. The van der Waals surface area contributed by atoms with Crippen LogP contribution in [0.4, 0.5) is 15.8 Å². The Hall–Kier alpha value is -3.26. The lowest BCUT2D eigenvalue weighted by Crippen LogP contribution is -2.40. The normalized spacial score (nSPS) is 15.1. The summed E-state index contributed by atoms with van der Waals surface area (Å²) in [5.41, 5.74) is 2.80. The van der Waals surface area contributed by atoms with E-state index in [9.17, 15) is 14.0 Å². The van der Waals surface area contributed by atoms with Crippen molar-refractivity contribution in [1.82, 2.24) is 5.32 Å². The number of fused-ring (bicyclic) bond motifs is 1. The average molecular weight is 425 g/mol. The molecule has 2 amide bonds. The Morgan fingerprint density at radius 1 is 1.13 bits per heavy atom. The fourth-order valence-electron chi connectivity index (χ4n) is 3.06. The topological polar surface area (TPSA) is 83.4 Å². The quantitative estimate of drug-likeness (QED) is 0.533. The second-order valence-electron chi connectivity index (χ2n) is 6.85. The molecule has 3 N–H and O–H groups in total. The molecule has 1 aliphatic heterocycles. The number of halogens is 1. The minimum Gasteiger partial charge on any atom is -0.467 e. The minimum atomic E-state index is -0.387. The molecule has 8 heteroatoms. The van der Waals surface area contributed by atoms with Gasteiger partial charge in [0.1, 0.15) is 17.6 Å². The fraction of sp³-hybridized carbons (Fsp3) is 0.182. The number of benzene rings is 2. The lowest BCUT2D eigenvalue weighted by molar-refractivity contribution is -0.116. The molecule has 6 nitrogen and oxygen atoms in total. The Morgan fingerprint density at radius 2 is 1.97 bits per heavy atom. The highest BCUT2D eigenvalue weighted by atomic mass is 32.2. The van der Waals surface area contributed by atoms with Gasteiger partial charge in [-0.25, -0.2) is 4.39 Å². The van der Waals surface area contributed by atoms with Crippen molar-refractivity contribution in [2.45, 2.75) is 18.3 Å². The first-order chi connectivity index (χ1) is 14.6. The zero-order chi connectivity index (χ0) is 20.9. The maximum Gasteiger partial charge on any atom is 0.251 e. The van der Waals surface area contributed by atoms with Crippen molar-refractivity contribution in [2.24, 2.45) is 0 Å². The Kier molecular flexibility index (Phi) is 6.04. The molecule has 0 saturated heterocycles. The van der Waals surface area contributed by atoms with Gasteiger partial charge in [0.15, 0.2) is 0 Å². The van der Waals surface area contributed by atoms with Crippen LogP contribution in [0.15, 0.2) is 65.3 Å². The number of hydrogen-bond acceptors (Lipinski definition) is 5. The maximum atomic E-state index is 13.0. The lowest BCUT2D eigenvalue weighted by Gasteiger charge is -2.27. The Bertz CT molecular complexity index is 1040. The number of thioether (sulfide) groups is 1. The predicted octanol–water partition coefficient (Wildman–Crippen LogP) is 4.01. The predicted molar refractivity (Wildman–Crippen MR) is 115 cm³/mol. The van der Waals surface area contributed by atoms with E-state index in [2.05, 4.69) is 16.0 Å². The van der Waals surface area contributed by atoms with Gasteiger partial charge in [-0.2, -0.15) is 11.8 Å². The van der Waals surface area contributed by atoms with Crippen molar-refractivity contribution in [3.8, 4) is 0 Å². The van der Waals surface area contributed by atoms with Crippen LogP contribution >= 0.6 is 11.8 Å². The molecule has 0 bridgehead atoms. The summed E-state index contributed by atoms with van der Waals surface area (Å²) in [7, 11) is 0. The van der Waals surface area contributed by atoms with Crippen LogP contribution in [-0.4, -0.2) is 23.6 Å². The van der Waals surface area contributed by atoms with Crippen molar-refractivity contribution in [1.29, 1.82) is 0 Å². The highest BCUT2D eigenvalue weighted by Gasteiger charge is 2.26. The molecular weight excluding hydrogens is 405 g/mol. The monoisotopic (exact) mass is 425 g/mol. The van der Waals surface area contributed by atoms with Crippen LogP contribution in [-0.2, 0) is 17.1 Å². The van der Waals surface area contributed by atoms with E-state index in [-0.39, 0.29) is 23.7 Å². The molecule has 2 aromatic carbocycles. The first-order valence-corrected chi connectivity index (χ1v) is 10.6. The molecule has 0 saturated carbocycles. The number of furan rings is 1. The summed E-state index contributed by atoms with van der Waals surface area (Å²) in [5.74, 6) is 1.25. The third-order valence-corrected chi connectivity index (χ3v) is 5.76. The second-order valence-corrected chi connectivity index (χ2v) is 7.88. The summed E-state index contributed by atoms with van der Waals surface area (Å²) in [6.45, 7) is 0.293. The van der Waals surface area contributed by atoms with Crippen LogP contribution in [0, 0.1) is 5.82 Å². The third kappa shape index (κ3) is 4.83. The largest absolute Gasteiger partial charge is 0.467 e. The molecule has 1 unspecified atom stereocenters. The van der Waals surface area contributed by atoms with Gasteiger partial charge in [0.05, 0.1) is 24.2 Å². The van der Waals surface area contributed by atoms with Gasteiger partial charge in [-0.15, -0.1) is 0 Å². The van der Waals surface area contributed by atoms with E-state index in [1.807, 2.05) is 0 Å². The van der Waals surface area contributed by atoms with E-state index in [0.717, 1.165) is 11.3 Å². The zero-order valence-corrected chi connectivity index (χ0v) is 16.8. The van der Waals surface area contributed by atoms with Crippen LogP contribution in [0.25, 0.3) is 0 Å². The van der Waals surface area contributed by atoms with E-state index in [1.165, 1.54) is 12.1 Å². The summed E-state index contributed by atoms with van der Waals surface area (Å²) in [4.78, 5) is 24.8. The van der Waals surface area contributed by atoms with Crippen LogP contribution in [0.1, 0.15) is 21.7 Å². The maximum absolute atomic E-state index is 13.0. The van der Waals surface area contributed by atoms with Crippen molar-refractivity contribution < 1.29 is 18.4 Å². The van der Waals surface area contributed by atoms with Crippen LogP contribution in [0.2, 0.25) is 0 Å². The molecule has 1 atom stereocenters. The van der Waals surface area contributed by atoms with Crippen LogP contribution < -0.4 is 16.0 Å². The zero-order valence-electron chi connectivity index (χ0n) is 16.0. The Balaban J connectivity index is 1.33. The van der Waals surface area contributed by atoms with E-state index < -0.39 is 0 Å². The van der Waals surface area contributed by atoms with Gasteiger partial charge in [0, 0.05) is 17.1 Å². The van der Waals surface area contributed by atoms with Gasteiger partial charge in [0.2, 0.25) is 5.91 Å². The van der Waals surface area contributed by atoms with Crippen LogP contribution in [0.5, 0.6) is 0 Å². The molecular formula is C22H20FN3O3S. The van der Waals surface area contributed by atoms with Crippen molar-refractivity contribution in [3.05, 3.63) is 83.6 Å². The molecule has 4 rings (SSSR count). The molecule has 30 heavy (non-hydrogen) atoms.